The number of amides is 4. The summed E-state index contributed by atoms with van der Waals surface area (Å²) in [6, 6.07) is 0.479. The number of morpholine rings is 1. The molecular weight excluding hydrogens is 440 g/mol. The molecule has 11 heteroatoms. The number of urea groups is 1. The third-order valence-corrected chi connectivity index (χ3v) is 7.06. The van der Waals surface area contributed by atoms with Crippen molar-refractivity contribution in [3.63, 3.8) is 0 Å². The molecule has 2 fully saturated rings. The van der Waals surface area contributed by atoms with Crippen molar-refractivity contribution in [1.82, 2.24) is 25.8 Å². The van der Waals surface area contributed by atoms with E-state index in [0.717, 1.165) is 16.8 Å². The van der Waals surface area contributed by atoms with E-state index in [1.807, 2.05) is 26.8 Å². The molecule has 0 saturated carbocycles. The Labute approximate surface area is 193 Å². The lowest BCUT2D eigenvalue weighted by atomic mass is 9.66. The molecule has 2 aromatic heterocycles. The van der Waals surface area contributed by atoms with Crippen molar-refractivity contribution < 1.29 is 23.6 Å². The molecule has 4 amide bonds. The molecule has 1 aromatic carbocycles. The van der Waals surface area contributed by atoms with Crippen molar-refractivity contribution >= 4 is 34.5 Å². The lowest BCUT2D eigenvalue weighted by molar-refractivity contribution is -0.153. The van der Waals surface area contributed by atoms with Crippen LogP contribution in [0.2, 0.25) is 0 Å². The summed E-state index contributed by atoms with van der Waals surface area (Å²) in [5, 5.41) is 9.58. The van der Waals surface area contributed by atoms with Gasteiger partial charge in [-0.1, -0.05) is 5.16 Å². The standard InChI is InChI=1S/C23H22N6O5/c1-10-9-29-17-11(2)18-14(16(28-34-18)15-8-24-4-5-25-15)6-13(17)7-23(19(29)12(3)33-10)20(30)26-22(32)27-21(23)31/h4-6,8,10,12,19H,7,9H2,1-3H3,(H2,26,27,30,31,32). The molecule has 3 aromatic rings. The van der Waals surface area contributed by atoms with Crippen LogP contribution in [-0.2, 0) is 20.7 Å². The van der Waals surface area contributed by atoms with Gasteiger partial charge in [0.05, 0.1) is 29.8 Å². The topological polar surface area (TPSA) is 140 Å². The van der Waals surface area contributed by atoms with Gasteiger partial charge in [0.15, 0.2) is 11.0 Å². The highest BCUT2D eigenvalue weighted by Gasteiger charge is 2.63. The highest BCUT2D eigenvalue weighted by atomic mass is 16.5. The van der Waals surface area contributed by atoms with Gasteiger partial charge in [0.2, 0.25) is 11.8 Å². The van der Waals surface area contributed by atoms with Crippen LogP contribution < -0.4 is 15.5 Å². The van der Waals surface area contributed by atoms with Crippen molar-refractivity contribution in [3.8, 4) is 11.4 Å². The summed E-state index contributed by atoms with van der Waals surface area (Å²) in [6.07, 6.45) is 4.27. The van der Waals surface area contributed by atoms with E-state index in [-0.39, 0.29) is 12.5 Å². The summed E-state index contributed by atoms with van der Waals surface area (Å²) in [4.78, 5) is 49.1. The molecular formula is C23H22N6O5. The molecule has 2 N–H and O–H groups in total. The Balaban J connectivity index is 1.61. The zero-order valence-corrected chi connectivity index (χ0v) is 18.8. The predicted octanol–water partition coefficient (Wildman–Crippen LogP) is 1.48. The number of imide groups is 2. The monoisotopic (exact) mass is 462 g/mol. The van der Waals surface area contributed by atoms with E-state index in [1.165, 1.54) is 0 Å². The number of aromatic nitrogens is 3. The fourth-order valence-corrected chi connectivity index (χ4v) is 5.86. The lowest BCUT2D eigenvalue weighted by Crippen LogP contribution is -2.75. The van der Waals surface area contributed by atoms with Gasteiger partial charge in [-0.25, -0.2) is 4.79 Å². The number of aryl methyl sites for hydroxylation is 1. The number of hydrogen-bond donors (Lipinski definition) is 2. The quantitative estimate of drug-likeness (QED) is 0.515. The first-order valence-corrected chi connectivity index (χ1v) is 11.1. The highest BCUT2D eigenvalue weighted by Crippen LogP contribution is 2.49. The van der Waals surface area contributed by atoms with Gasteiger partial charge in [-0.15, -0.1) is 0 Å². The molecule has 174 valence electrons. The van der Waals surface area contributed by atoms with Gasteiger partial charge in [0, 0.05) is 30.2 Å². The molecule has 2 saturated heterocycles. The highest BCUT2D eigenvalue weighted by molar-refractivity contribution is 6.20. The molecule has 0 aliphatic carbocycles. The molecule has 0 bridgehead atoms. The lowest BCUT2D eigenvalue weighted by Gasteiger charge is -2.55. The molecule has 34 heavy (non-hydrogen) atoms. The van der Waals surface area contributed by atoms with Crippen LogP contribution in [0.5, 0.6) is 0 Å². The Bertz CT molecular complexity index is 1350. The van der Waals surface area contributed by atoms with Gasteiger partial charge in [-0.05, 0) is 38.8 Å². The number of hydrogen-bond acceptors (Lipinski definition) is 9. The van der Waals surface area contributed by atoms with Crippen molar-refractivity contribution in [2.45, 2.75) is 45.4 Å². The number of barbiturate groups is 1. The maximum atomic E-state index is 13.3. The Morgan fingerprint density at radius 2 is 1.91 bits per heavy atom. The first-order valence-electron chi connectivity index (χ1n) is 11.1. The molecule has 3 atom stereocenters. The number of benzene rings is 1. The average Bonchev–Trinajstić information content (AvgIpc) is 3.21. The third kappa shape index (κ3) is 2.67. The van der Waals surface area contributed by atoms with Crippen LogP contribution in [0.1, 0.15) is 25.0 Å². The molecule has 3 aliphatic heterocycles. The van der Waals surface area contributed by atoms with E-state index < -0.39 is 35.4 Å². The van der Waals surface area contributed by atoms with Crippen LogP contribution in [0.3, 0.4) is 0 Å². The second-order valence-electron chi connectivity index (χ2n) is 9.14. The van der Waals surface area contributed by atoms with E-state index in [0.29, 0.717) is 28.9 Å². The second-order valence-corrected chi connectivity index (χ2v) is 9.14. The first-order chi connectivity index (χ1) is 16.3. The Hall–Kier alpha value is -3.86. The summed E-state index contributed by atoms with van der Waals surface area (Å²) >= 11 is 0. The first kappa shape index (κ1) is 20.7. The van der Waals surface area contributed by atoms with Gasteiger partial charge in [-0.2, -0.15) is 0 Å². The van der Waals surface area contributed by atoms with Crippen LogP contribution in [0.25, 0.3) is 22.4 Å². The van der Waals surface area contributed by atoms with Gasteiger partial charge in [0.25, 0.3) is 0 Å². The van der Waals surface area contributed by atoms with Gasteiger partial charge in [-0.3, -0.25) is 30.2 Å². The Kier molecular flexibility index (Phi) is 4.31. The Morgan fingerprint density at radius 3 is 2.62 bits per heavy atom. The maximum absolute atomic E-state index is 13.3. The second kappa shape index (κ2) is 7.07. The van der Waals surface area contributed by atoms with Crippen molar-refractivity contribution in [2.75, 3.05) is 11.4 Å². The largest absolute Gasteiger partial charge is 0.372 e. The number of rotatable bonds is 1. The fraction of sp³-hybridized carbons (Fsp3) is 0.391. The van der Waals surface area contributed by atoms with E-state index in [4.69, 9.17) is 9.26 Å². The number of anilines is 1. The summed E-state index contributed by atoms with van der Waals surface area (Å²) in [7, 11) is 0. The molecule has 11 nitrogen and oxygen atoms in total. The van der Waals surface area contributed by atoms with Crippen LogP contribution in [-0.4, -0.2) is 57.8 Å². The van der Waals surface area contributed by atoms with Gasteiger partial charge >= 0.3 is 6.03 Å². The van der Waals surface area contributed by atoms with E-state index in [1.54, 1.807) is 18.6 Å². The smallest absolute Gasteiger partial charge is 0.328 e. The molecule has 0 radical (unpaired) electrons. The van der Waals surface area contributed by atoms with E-state index >= 15 is 0 Å². The molecule has 3 unspecified atom stereocenters. The molecule has 6 rings (SSSR count). The average molecular weight is 462 g/mol. The summed E-state index contributed by atoms with van der Waals surface area (Å²) in [5.74, 6) is -1.24. The number of nitrogens with one attached hydrogen (secondary N) is 2. The molecule has 5 heterocycles. The minimum absolute atomic E-state index is 0.0956. The summed E-state index contributed by atoms with van der Waals surface area (Å²) < 4.78 is 11.8. The van der Waals surface area contributed by atoms with Crippen LogP contribution in [0, 0.1) is 12.3 Å². The predicted molar refractivity (Wildman–Crippen MR) is 119 cm³/mol. The summed E-state index contributed by atoms with van der Waals surface area (Å²) in [5.41, 5.74) is 2.68. The van der Waals surface area contributed by atoms with Crippen LogP contribution >= 0.6 is 0 Å². The van der Waals surface area contributed by atoms with Crippen LogP contribution in [0.4, 0.5) is 10.5 Å². The zero-order valence-electron chi connectivity index (χ0n) is 18.8. The number of fused-ring (bicyclic) bond motifs is 5. The van der Waals surface area contributed by atoms with E-state index in [2.05, 4.69) is 30.7 Å². The van der Waals surface area contributed by atoms with Crippen LogP contribution in [0.15, 0.2) is 29.2 Å². The molecule has 1 spiro atoms. The fourth-order valence-electron chi connectivity index (χ4n) is 5.86. The number of ether oxygens (including phenoxy) is 1. The minimum atomic E-state index is -1.54. The normalized spacial score (nSPS) is 25.7. The number of carbonyl (C=O) groups excluding carboxylic acids is 3. The summed E-state index contributed by atoms with van der Waals surface area (Å²) in [6.45, 7) is 6.21. The number of carbonyl (C=O) groups is 3. The maximum Gasteiger partial charge on any atom is 0.328 e. The SMILES string of the molecule is Cc1c2c(cc3c(-c4cnccn4)noc13)CC1(C(=O)NC(=O)NC1=O)C1C(C)OC(C)CN21. The minimum Gasteiger partial charge on any atom is -0.372 e. The van der Waals surface area contributed by atoms with E-state index in [9.17, 15) is 14.4 Å². The van der Waals surface area contributed by atoms with Gasteiger partial charge < -0.3 is 14.2 Å². The van der Waals surface area contributed by atoms with Crippen molar-refractivity contribution in [3.05, 3.63) is 35.8 Å². The zero-order chi connectivity index (χ0) is 23.8. The van der Waals surface area contributed by atoms with Crippen molar-refractivity contribution in [1.29, 1.82) is 0 Å². The Morgan fingerprint density at radius 1 is 1.15 bits per heavy atom. The van der Waals surface area contributed by atoms with Gasteiger partial charge in [0.1, 0.15) is 11.4 Å². The molecule has 3 aliphatic rings. The third-order valence-electron chi connectivity index (χ3n) is 7.06. The number of nitrogens with zero attached hydrogens (tertiary/aromatic N) is 4. The van der Waals surface area contributed by atoms with Crippen molar-refractivity contribution in [2.24, 2.45) is 5.41 Å².